The van der Waals surface area contributed by atoms with Crippen LogP contribution in [0.25, 0.3) is 11.3 Å². The lowest BCUT2D eigenvalue weighted by atomic mass is 10.1. The predicted molar refractivity (Wildman–Crippen MR) is 104 cm³/mol. The number of aryl methyl sites for hydroxylation is 1. The van der Waals surface area contributed by atoms with Crippen molar-refractivity contribution in [3.63, 3.8) is 0 Å². The Morgan fingerprint density at radius 3 is 2.44 bits per heavy atom. The number of amides is 2. The van der Waals surface area contributed by atoms with Gasteiger partial charge in [-0.3, -0.25) is 0 Å². The van der Waals surface area contributed by atoms with Crippen LogP contribution in [0.15, 0.2) is 60.8 Å². The second kappa shape index (κ2) is 8.46. The van der Waals surface area contributed by atoms with Crippen LogP contribution in [0.3, 0.4) is 0 Å². The molecule has 0 aliphatic rings. The highest BCUT2D eigenvalue weighted by Crippen LogP contribution is 2.21. The Bertz CT molecular complexity index is 869. The largest absolute Gasteiger partial charge is 0.323 e. The molecule has 0 atom stereocenters. The summed E-state index contributed by atoms with van der Waals surface area (Å²) in [5.41, 5.74) is 3.06. The molecule has 5 nitrogen and oxygen atoms in total. The maximum absolute atomic E-state index is 12.1. The van der Waals surface area contributed by atoms with Gasteiger partial charge in [-0.15, -0.1) is 12.4 Å². The van der Waals surface area contributed by atoms with E-state index in [2.05, 4.69) is 20.6 Å². The molecule has 0 radical (unpaired) electrons. The Labute approximate surface area is 156 Å². The zero-order valence-corrected chi connectivity index (χ0v) is 14.9. The van der Waals surface area contributed by atoms with Gasteiger partial charge in [-0.25, -0.2) is 14.8 Å². The number of urea groups is 1. The average Bonchev–Trinajstić information content (AvgIpc) is 2.57. The molecule has 0 aliphatic carbocycles. The first-order valence-corrected chi connectivity index (χ1v) is 7.71. The van der Waals surface area contributed by atoms with Crippen molar-refractivity contribution in [1.82, 2.24) is 9.97 Å². The summed E-state index contributed by atoms with van der Waals surface area (Å²) in [7, 11) is 0. The minimum Gasteiger partial charge on any atom is -0.308 e. The van der Waals surface area contributed by atoms with Crippen LogP contribution in [0.4, 0.5) is 16.2 Å². The van der Waals surface area contributed by atoms with Crippen LogP contribution < -0.4 is 10.6 Å². The number of halogens is 2. The second-order valence-electron chi connectivity index (χ2n) is 5.16. The van der Waals surface area contributed by atoms with Crippen molar-refractivity contribution in [2.24, 2.45) is 0 Å². The zero-order chi connectivity index (χ0) is 16.9. The van der Waals surface area contributed by atoms with Crippen molar-refractivity contribution in [3.8, 4) is 11.3 Å². The summed E-state index contributed by atoms with van der Waals surface area (Å²) in [6, 6.07) is 15.9. The maximum atomic E-state index is 12.1. The molecule has 25 heavy (non-hydrogen) atoms. The zero-order valence-electron chi connectivity index (χ0n) is 13.4. The van der Waals surface area contributed by atoms with Crippen molar-refractivity contribution in [2.45, 2.75) is 6.92 Å². The number of rotatable bonds is 3. The number of carbonyl (C=O) groups excluding carboxylic acids is 1. The minimum atomic E-state index is -0.326. The van der Waals surface area contributed by atoms with Crippen molar-refractivity contribution >= 4 is 41.4 Å². The lowest BCUT2D eigenvalue weighted by Crippen LogP contribution is -2.19. The molecule has 0 saturated carbocycles. The van der Waals surface area contributed by atoms with Gasteiger partial charge in [0.15, 0.2) is 0 Å². The highest BCUT2D eigenvalue weighted by molar-refractivity contribution is 6.30. The fourth-order valence-corrected chi connectivity index (χ4v) is 2.33. The standard InChI is InChI=1S/C18H15ClN4O.ClH/c1-12-20-10-9-17(21-12)13-3-2-4-16(11-13)23-18(24)22-15-7-5-14(19)6-8-15;/h2-11H,1H3,(H2,22,23,24);1H. The van der Waals surface area contributed by atoms with Gasteiger partial charge in [0.05, 0.1) is 5.69 Å². The summed E-state index contributed by atoms with van der Waals surface area (Å²) in [6.07, 6.45) is 1.71. The van der Waals surface area contributed by atoms with E-state index < -0.39 is 0 Å². The third-order valence-corrected chi connectivity index (χ3v) is 3.55. The SMILES string of the molecule is Cc1nccc(-c2cccc(NC(=O)Nc3ccc(Cl)cc3)c2)n1.Cl. The summed E-state index contributed by atoms with van der Waals surface area (Å²) in [6.45, 7) is 1.84. The second-order valence-corrected chi connectivity index (χ2v) is 5.59. The Morgan fingerprint density at radius 2 is 1.72 bits per heavy atom. The van der Waals surface area contributed by atoms with Crippen LogP contribution in [0.2, 0.25) is 5.02 Å². The van der Waals surface area contributed by atoms with Crippen molar-refractivity contribution < 1.29 is 4.79 Å². The van der Waals surface area contributed by atoms with Gasteiger partial charge in [-0.2, -0.15) is 0 Å². The predicted octanol–water partition coefficient (Wildman–Crippen LogP) is 5.17. The summed E-state index contributed by atoms with van der Waals surface area (Å²) in [4.78, 5) is 20.6. The molecule has 7 heteroatoms. The third kappa shape index (κ3) is 5.17. The van der Waals surface area contributed by atoms with E-state index in [-0.39, 0.29) is 18.4 Å². The van der Waals surface area contributed by atoms with Crippen molar-refractivity contribution in [3.05, 3.63) is 71.6 Å². The first-order chi connectivity index (χ1) is 11.6. The molecule has 3 aromatic rings. The number of carbonyl (C=O) groups is 1. The van der Waals surface area contributed by atoms with E-state index in [4.69, 9.17) is 11.6 Å². The fraction of sp³-hybridized carbons (Fsp3) is 0.0556. The average molecular weight is 375 g/mol. The van der Waals surface area contributed by atoms with Gasteiger partial charge in [0, 0.05) is 28.2 Å². The van der Waals surface area contributed by atoms with E-state index >= 15 is 0 Å². The van der Waals surface area contributed by atoms with Gasteiger partial charge in [-0.1, -0.05) is 23.7 Å². The number of hydrogen-bond donors (Lipinski definition) is 2. The van der Waals surface area contributed by atoms with Crippen LogP contribution in [0.5, 0.6) is 0 Å². The quantitative estimate of drug-likeness (QED) is 0.664. The molecule has 1 aromatic heterocycles. The lowest BCUT2D eigenvalue weighted by molar-refractivity contribution is 0.262. The number of benzene rings is 2. The Kier molecular flexibility index (Phi) is 6.33. The van der Waals surface area contributed by atoms with Gasteiger partial charge in [0.2, 0.25) is 0 Å². The molecule has 0 aliphatic heterocycles. The number of aromatic nitrogens is 2. The summed E-state index contributed by atoms with van der Waals surface area (Å²) < 4.78 is 0. The lowest BCUT2D eigenvalue weighted by Gasteiger charge is -2.09. The van der Waals surface area contributed by atoms with E-state index in [1.807, 2.05) is 37.3 Å². The molecule has 0 spiro atoms. The first kappa shape index (κ1) is 18.7. The Balaban J connectivity index is 0.00000225. The monoisotopic (exact) mass is 374 g/mol. The molecular formula is C18H16Cl2N4O. The summed E-state index contributed by atoms with van der Waals surface area (Å²) in [5, 5.41) is 6.17. The van der Waals surface area contributed by atoms with E-state index in [0.29, 0.717) is 22.2 Å². The van der Waals surface area contributed by atoms with Crippen molar-refractivity contribution in [2.75, 3.05) is 10.6 Å². The van der Waals surface area contributed by atoms with Crippen molar-refractivity contribution in [1.29, 1.82) is 0 Å². The molecule has 0 bridgehead atoms. The molecule has 2 aromatic carbocycles. The van der Waals surface area contributed by atoms with E-state index in [9.17, 15) is 4.79 Å². The van der Waals surface area contributed by atoms with Gasteiger partial charge >= 0.3 is 6.03 Å². The van der Waals surface area contributed by atoms with E-state index in [1.165, 1.54) is 0 Å². The molecule has 0 saturated heterocycles. The topological polar surface area (TPSA) is 66.9 Å². The molecule has 128 valence electrons. The molecular weight excluding hydrogens is 359 g/mol. The van der Waals surface area contributed by atoms with Gasteiger partial charge in [-0.05, 0) is 49.4 Å². The summed E-state index contributed by atoms with van der Waals surface area (Å²) in [5.74, 6) is 0.700. The normalized spacial score (nSPS) is 9.84. The van der Waals surface area contributed by atoms with Gasteiger partial charge < -0.3 is 10.6 Å². The number of hydrogen-bond acceptors (Lipinski definition) is 3. The fourth-order valence-electron chi connectivity index (χ4n) is 2.20. The third-order valence-electron chi connectivity index (χ3n) is 3.29. The van der Waals surface area contributed by atoms with Crippen LogP contribution in [-0.4, -0.2) is 16.0 Å². The molecule has 0 unspecified atom stereocenters. The molecule has 0 fully saturated rings. The van der Waals surface area contributed by atoms with Crippen LogP contribution in [0, 0.1) is 6.92 Å². The van der Waals surface area contributed by atoms with Crippen LogP contribution >= 0.6 is 24.0 Å². The molecule has 2 N–H and O–H groups in total. The highest BCUT2D eigenvalue weighted by atomic mass is 35.5. The van der Waals surface area contributed by atoms with Gasteiger partial charge in [0.25, 0.3) is 0 Å². The van der Waals surface area contributed by atoms with Crippen LogP contribution in [-0.2, 0) is 0 Å². The Hall–Kier alpha value is -2.63. The Morgan fingerprint density at radius 1 is 1.00 bits per heavy atom. The minimum absolute atomic E-state index is 0. The molecule has 1 heterocycles. The number of anilines is 2. The molecule has 2 amide bonds. The first-order valence-electron chi connectivity index (χ1n) is 7.34. The van der Waals surface area contributed by atoms with Crippen LogP contribution in [0.1, 0.15) is 5.82 Å². The van der Waals surface area contributed by atoms with E-state index in [0.717, 1.165) is 11.3 Å². The van der Waals surface area contributed by atoms with Gasteiger partial charge in [0.1, 0.15) is 5.82 Å². The highest BCUT2D eigenvalue weighted by Gasteiger charge is 2.05. The maximum Gasteiger partial charge on any atom is 0.323 e. The number of nitrogens with one attached hydrogen (secondary N) is 2. The summed E-state index contributed by atoms with van der Waals surface area (Å²) >= 11 is 5.83. The van der Waals surface area contributed by atoms with E-state index in [1.54, 1.807) is 30.5 Å². The smallest absolute Gasteiger partial charge is 0.308 e. The molecule has 3 rings (SSSR count). The number of nitrogens with zero attached hydrogens (tertiary/aromatic N) is 2.